The number of fused-ring (bicyclic) bond motifs is 1. The van der Waals surface area contributed by atoms with Gasteiger partial charge < -0.3 is 18.9 Å². The first kappa shape index (κ1) is 27.1. The number of hydrogen-bond acceptors (Lipinski definition) is 3. The zero-order valence-corrected chi connectivity index (χ0v) is 23.1. The largest absolute Gasteiger partial charge is 0.494 e. The summed E-state index contributed by atoms with van der Waals surface area (Å²) in [7, 11) is 0. The predicted molar refractivity (Wildman–Crippen MR) is 156 cm³/mol. The highest BCUT2D eigenvalue weighted by molar-refractivity contribution is 6.30. The molecule has 0 unspecified atom stereocenters. The van der Waals surface area contributed by atoms with Crippen molar-refractivity contribution in [2.75, 3.05) is 26.2 Å². The van der Waals surface area contributed by atoms with Gasteiger partial charge in [-0.25, -0.2) is 0 Å². The minimum absolute atomic E-state index is 0.704. The lowest BCUT2D eigenvalue weighted by molar-refractivity contribution is 0.249. The summed E-state index contributed by atoms with van der Waals surface area (Å²) in [5.41, 5.74) is 3.86. The van der Waals surface area contributed by atoms with Crippen molar-refractivity contribution in [3.8, 4) is 17.2 Å². The van der Waals surface area contributed by atoms with E-state index in [2.05, 4.69) is 78.8 Å². The molecule has 1 heterocycles. The molecule has 0 spiro atoms. The Kier molecular flexibility index (Phi) is 9.92. The van der Waals surface area contributed by atoms with Gasteiger partial charge in [-0.15, -0.1) is 0 Å². The van der Waals surface area contributed by atoms with Gasteiger partial charge in [-0.2, -0.15) is 0 Å². The molecule has 196 valence electrons. The van der Waals surface area contributed by atoms with Gasteiger partial charge in [-0.3, -0.25) is 0 Å². The lowest BCUT2D eigenvalue weighted by atomic mass is 10.1. The highest BCUT2D eigenvalue weighted by atomic mass is 35.5. The SMILES string of the molecule is CCCCn1c(Cc2ccc(OCCCN(CC)CC)cc2)cc2cc(Oc3ccc(Cl)cc3)ccc21. The highest BCUT2D eigenvalue weighted by Crippen LogP contribution is 2.30. The molecule has 4 nitrogen and oxygen atoms in total. The molecule has 0 fully saturated rings. The second-order valence-electron chi connectivity index (χ2n) is 9.47. The van der Waals surface area contributed by atoms with E-state index in [0.717, 1.165) is 75.7 Å². The molecule has 0 radical (unpaired) electrons. The number of rotatable bonds is 14. The maximum atomic E-state index is 6.08. The first-order chi connectivity index (χ1) is 18.1. The van der Waals surface area contributed by atoms with Gasteiger partial charge in [0, 0.05) is 41.1 Å². The number of aryl methyl sites for hydroxylation is 1. The summed E-state index contributed by atoms with van der Waals surface area (Å²) in [6.45, 7) is 11.7. The lowest BCUT2D eigenvalue weighted by Gasteiger charge is -2.17. The maximum absolute atomic E-state index is 6.08. The Morgan fingerprint density at radius 1 is 0.784 bits per heavy atom. The Labute approximate surface area is 226 Å². The summed E-state index contributed by atoms with van der Waals surface area (Å²) in [4.78, 5) is 2.43. The molecular formula is C32H39ClN2O2. The number of aromatic nitrogens is 1. The summed E-state index contributed by atoms with van der Waals surface area (Å²) in [6.07, 6.45) is 4.25. The van der Waals surface area contributed by atoms with E-state index in [9.17, 15) is 0 Å². The molecule has 0 saturated carbocycles. The molecule has 3 aromatic carbocycles. The van der Waals surface area contributed by atoms with Crippen molar-refractivity contribution in [2.45, 2.75) is 53.0 Å². The van der Waals surface area contributed by atoms with Gasteiger partial charge in [0.2, 0.25) is 0 Å². The fourth-order valence-corrected chi connectivity index (χ4v) is 4.79. The molecule has 0 aliphatic carbocycles. The van der Waals surface area contributed by atoms with Crippen molar-refractivity contribution in [1.82, 2.24) is 9.47 Å². The van der Waals surface area contributed by atoms with Crippen molar-refractivity contribution in [3.05, 3.63) is 89.1 Å². The van der Waals surface area contributed by atoms with E-state index in [-0.39, 0.29) is 0 Å². The quantitative estimate of drug-likeness (QED) is 0.156. The van der Waals surface area contributed by atoms with E-state index < -0.39 is 0 Å². The van der Waals surface area contributed by atoms with Crippen LogP contribution in [0.25, 0.3) is 10.9 Å². The van der Waals surface area contributed by atoms with Crippen LogP contribution in [0.3, 0.4) is 0 Å². The summed E-state index contributed by atoms with van der Waals surface area (Å²) in [5, 5.41) is 1.90. The van der Waals surface area contributed by atoms with E-state index in [1.807, 2.05) is 24.3 Å². The normalized spacial score (nSPS) is 11.4. The molecule has 0 atom stereocenters. The topological polar surface area (TPSA) is 26.6 Å². The molecule has 37 heavy (non-hydrogen) atoms. The second kappa shape index (κ2) is 13.6. The minimum atomic E-state index is 0.704. The second-order valence-corrected chi connectivity index (χ2v) is 9.90. The van der Waals surface area contributed by atoms with Crippen molar-refractivity contribution in [2.24, 2.45) is 0 Å². The summed E-state index contributed by atoms with van der Waals surface area (Å²) in [5.74, 6) is 2.56. The van der Waals surface area contributed by atoms with Crippen molar-refractivity contribution in [3.63, 3.8) is 0 Å². The van der Waals surface area contributed by atoms with Gasteiger partial charge in [0.25, 0.3) is 0 Å². The summed E-state index contributed by atoms with van der Waals surface area (Å²) >= 11 is 6.01. The molecule has 0 amide bonds. The first-order valence-electron chi connectivity index (χ1n) is 13.6. The van der Waals surface area contributed by atoms with Gasteiger partial charge in [-0.05, 0) is 92.2 Å². The Balaban J connectivity index is 1.45. The van der Waals surface area contributed by atoms with Gasteiger partial charge in [0.1, 0.15) is 17.2 Å². The Bertz CT molecular complexity index is 1240. The fraction of sp³-hybridized carbons (Fsp3) is 0.375. The van der Waals surface area contributed by atoms with Crippen LogP contribution < -0.4 is 9.47 Å². The zero-order chi connectivity index (χ0) is 26.0. The van der Waals surface area contributed by atoms with Crippen LogP contribution in [-0.4, -0.2) is 35.7 Å². The van der Waals surface area contributed by atoms with Gasteiger partial charge in [0.05, 0.1) is 6.61 Å². The standard InChI is InChI=1S/C32H39ClN2O2/c1-4-7-20-35-28(22-25-9-13-29(14-10-25)36-21-8-19-34(5-2)6-3)23-26-24-31(17-18-32(26)35)37-30-15-11-27(33)12-16-30/h9-18,23-24H,4-8,19-22H2,1-3H3. The fourth-order valence-electron chi connectivity index (χ4n) is 4.67. The summed E-state index contributed by atoms with van der Waals surface area (Å²) < 4.78 is 14.5. The number of hydrogen-bond donors (Lipinski definition) is 0. The third-order valence-electron chi connectivity index (χ3n) is 6.83. The van der Waals surface area contributed by atoms with Crippen LogP contribution in [0.4, 0.5) is 0 Å². The Morgan fingerprint density at radius 3 is 2.19 bits per heavy atom. The predicted octanol–water partition coefficient (Wildman–Crippen LogP) is 8.59. The first-order valence-corrected chi connectivity index (χ1v) is 14.0. The molecular weight excluding hydrogens is 480 g/mol. The van der Waals surface area contributed by atoms with Crippen LogP contribution in [0, 0.1) is 0 Å². The molecule has 4 rings (SSSR count). The smallest absolute Gasteiger partial charge is 0.128 e. The van der Waals surface area contributed by atoms with Crippen LogP contribution in [0.15, 0.2) is 72.8 Å². The Hall–Kier alpha value is -2.95. The van der Waals surface area contributed by atoms with E-state index in [1.165, 1.54) is 22.2 Å². The van der Waals surface area contributed by atoms with E-state index in [4.69, 9.17) is 21.1 Å². The van der Waals surface area contributed by atoms with E-state index in [0.29, 0.717) is 5.02 Å². The van der Waals surface area contributed by atoms with Crippen molar-refractivity contribution >= 4 is 22.5 Å². The lowest BCUT2D eigenvalue weighted by Crippen LogP contribution is -2.25. The van der Waals surface area contributed by atoms with E-state index >= 15 is 0 Å². The third-order valence-corrected chi connectivity index (χ3v) is 7.09. The molecule has 1 aromatic heterocycles. The van der Waals surface area contributed by atoms with Crippen LogP contribution >= 0.6 is 11.6 Å². The summed E-state index contributed by atoms with van der Waals surface area (Å²) in [6, 6.07) is 24.7. The highest BCUT2D eigenvalue weighted by Gasteiger charge is 2.11. The molecule has 0 N–H and O–H groups in total. The number of benzene rings is 3. The molecule has 0 bridgehead atoms. The number of nitrogens with zero attached hydrogens (tertiary/aromatic N) is 2. The van der Waals surface area contributed by atoms with Gasteiger partial charge >= 0.3 is 0 Å². The number of halogens is 1. The monoisotopic (exact) mass is 518 g/mol. The molecule has 4 aromatic rings. The van der Waals surface area contributed by atoms with Crippen LogP contribution in [0.2, 0.25) is 5.02 Å². The maximum Gasteiger partial charge on any atom is 0.128 e. The molecule has 0 aliphatic heterocycles. The number of unbranched alkanes of at least 4 members (excludes halogenated alkanes) is 1. The van der Waals surface area contributed by atoms with Crippen molar-refractivity contribution in [1.29, 1.82) is 0 Å². The average Bonchev–Trinajstić information content (AvgIpc) is 3.25. The average molecular weight is 519 g/mol. The van der Waals surface area contributed by atoms with Crippen LogP contribution in [0.1, 0.15) is 51.3 Å². The van der Waals surface area contributed by atoms with Gasteiger partial charge in [0.15, 0.2) is 0 Å². The van der Waals surface area contributed by atoms with Crippen molar-refractivity contribution < 1.29 is 9.47 Å². The minimum Gasteiger partial charge on any atom is -0.494 e. The zero-order valence-electron chi connectivity index (χ0n) is 22.4. The number of ether oxygens (including phenoxy) is 2. The van der Waals surface area contributed by atoms with Crippen LogP contribution in [0.5, 0.6) is 17.2 Å². The molecule has 5 heteroatoms. The van der Waals surface area contributed by atoms with Gasteiger partial charge in [-0.1, -0.05) is 50.9 Å². The molecule has 0 aliphatic rings. The van der Waals surface area contributed by atoms with E-state index in [1.54, 1.807) is 0 Å². The van der Waals surface area contributed by atoms with Crippen LogP contribution in [-0.2, 0) is 13.0 Å². The molecule has 0 saturated heterocycles. The third kappa shape index (κ3) is 7.53. The Morgan fingerprint density at radius 2 is 1.49 bits per heavy atom.